The summed E-state index contributed by atoms with van der Waals surface area (Å²) in [6.07, 6.45) is 6.58. The first-order chi connectivity index (χ1) is 20.6. The number of rotatable bonds is 9. The van der Waals surface area contributed by atoms with Gasteiger partial charge < -0.3 is 14.0 Å². The van der Waals surface area contributed by atoms with Gasteiger partial charge in [-0.1, -0.05) is 68.6 Å². The van der Waals surface area contributed by atoms with Gasteiger partial charge in [0.25, 0.3) is 0 Å². The van der Waals surface area contributed by atoms with Gasteiger partial charge >= 0.3 is 50.5 Å². The molecule has 0 amide bonds. The van der Waals surface area contributed by atoms with Crippen molar-refractivity contribution in [1.82, 2.24) is 24.5 Å². The van der Waals surface area contributed by atoms with Gasteiger partial charge in [0.05, 0.1) is 11.2 Å². The third kappa shape index (κ3) is 21.0. The Kier molecular flexibility index (Phi) is 27.0. The predicted molar refractivity (Wildman–Crippen MR) is 227 cm³/mol. The Bertz CT molecular complexity index is 1280. The molecule has 0 atom stereocenters. The van der Waals surface area contributed by atoms with Gasteiger partial charge in [0, 0.05) is 85.0 Å². The third-order valence-corrected chi connectivity index (χ3v) is 9.85. The minimum absolute atomic E-state index is 0.162. The third-order valence-electron chi connectivity index (χ3n) is 5.53. The number of ether oxygens (including phenoxy) is 2. The summed E-state index contributed by atoms with van der Waals surface area (Å²) in [6, 6.07) is 4.29. The Morgan fingerprint density at radius 2 is 1.36 bits per heavy atom. The molecule has 0 fully saturated rings. The fourth-order valence-corrected chi connectivity index (χ4v) is 5.76. The summed E-state index contributed by atoms with van der Waals surface area (Å²) in [4.78, 5) is 15.9. The molecule has 7 nitrogen and oxygen atoms in total. The van der Waals surface area contributed by atoms with Crippen molar-refractivity contribution in [2.24, 2.45) is 0 Å². The van der Waals surface area contributed by atoms with Crippen LogP contribution in [0, 0.1) is 0 Å². The molecule has 0 N–H and O–H groups in total. The fourth-order valence-electron chi connectivity index (χ4n) is 3.27. The van der Waals surface area contributed by atoms with Crippen LogP contribution in [0.15, 0.2) is 18.3 Å². The second-order valence-corrected chi connectivity index (χ2v) is 40.3. The van der Waals surface area contributed by atoms with E-state index < -0.39 is 16.1 Å². The quantitative estimate of drug-likeness (QED) is 0.0700. The number of nitrogens with zero attached hydrogens (tertiary/aromatic N) is 5. The molecule has 0 spiro atoms. The van der Waals surface area contributed by atoms with Gasteiger partial charge in [-0.15, -0.1) is 0 Å². The zero-order chi connectivity index (χ0) is 33.9. The Hall–Kier alpha value is 2.60. The molecule has 4 rings (SSSR count). The SMILES string of the molecule is CCOCC[Si](C)(C)C.C[Si](C)(C)CCOCn1ccc2nc(Cl)nc(Cl)c21.Clc1nc(Cl)c2c(n1)C=CC2.II.I[I-]I. The van der Waals surface area contributed by atoms with Gasteiger partial charge in [-0.3, -0.25) is 0 Å². The molecule has 252 valence electrons. The normalized spacial score (nSPS) is 11.8. The summed E-state index contributed by atoms with van der Waals surface area (Å²) < 4.78 is 12.8. The topological polar surface area (TPSA) is 75.0 Å². The van der Waals surface area contributed by atoms with Crippen molar-refractivity contribution in [1.29, 1.82) is 0 Å². The monoisotopic (exact) mass is 1280 g/mol. The average molecular weight is 1290 g/mol. The first kappa shape index (κ1) is 46.6. The number of allylic oxidation sites excluding steroid dienone is 1. The van der Waals surface area contributed by atoms with E-state index in [1.807, 2.05) is 35.9 Å². The molecule has 0 bridgehead atoms. The van der Waals surface area contributed by atoms with E-state index in [2.05, 4.69) is 134 Å². The molecule has 3 aromatic rings. The molecular formula is C26H39Cl4I5N5O2Si2-. The van der Waals surface area contributed by atoms with Crippen molar-refractivity contribution in [3.63, 3.8) is 0 Å². The van der Waals surface area contributed by atoms with Crippen molar-refractivity contribution in [3.8, 4) is 0 Å². The summed E-state index contributed by atoms with van der Waals surface area (Å²) in [5.74, 6) is 0. The molecule has 1 aliphatic carbocycles. The van der Waals surface area contributed by atoms with Gasteiger partial charge in [0.15, 0.2) is 5.15 Å². The van der Waals surface area contributed by atoms with E-state index in [0.29, 0.717) is 30.3 Å². The molecule has 0 saturated carbocycles. The van der Waals surface area contributed by atoms with Crippen LogP contribution >= 0.6 is 121 Å². The molecule has 3 aromatic heterocycles. The van der Waals surface area contributed by atoms with E-state index in [1.54, 1.807) is 0 Å². The van der Waals surface area contributed by atoms with Crippen molar-refractivity contribution >= 4 is 154 Å². The molecule has 1 aliphatic rings. The van der Waals surface area contributed by atoms with Gasteiger partial charge in [0.2, 0.25) is 10.6 Å². The Morgan fingerprint density at radius 3 is 1.91 bits per heavy atom. The van der Waals surface area contributed by atoms with Crippen LogP contribution in [0.25, 0.3) is 17.1 Å². The van der Waals surface area contributed by atoms with Crippen molar-refractivity contribution in [2.45, 2.75) is 71.4 Å². The molecule has 0 radical (unpaired) electrons. The molecule has 0 unspecified atom stereocenters. The zero-order valence-corrected chi connectivity index (χ0v) is 41.5. The second kappa shape index (κ2) is 25.5. The fraction of sp³-hybridized carbons (Fsp3) is 0.538. The minimum atomic E-state index is -1.05. The van der Waals surface area contributed by atoms with Gasteiger partial charge in [-0.25, -0.2) is 19.9 Å². The molecule has 0 aliphatic heterocycles. The van der Waals surface area contributed by atoms with Crippen LogP contribution in [0.3, 0.4) is 0 Å². The number of fused-ring (bicyclic) bond motifs is 2. The van der Waals surface area contributed by atoms with Crippen LogP contribution in [-0.2, 0) is 22.6 Å². The Balaban J connectivity index is 0.000000630. The van der Waals surface area contributed by atoms with Gasteiger partial charge in [0.1, 0.15) is 17.4 Å². The maximum absolute atomic E-state index is 6.09. The van der Waals surface area contributed by atoms with E-state index in [4.69, 9.17) is 55.9 Å². The van der Waals surface area contributed by atoms with Crippen LogP contribution in [-0.4, -0.2) is 60.5 Å². The number of halogens is 9. The number of hydrogen-bond donors (Lipinski definition) is 0. The first-order valence-corrected chi connectivity index (χ1v) is 41.1. The Labute approximate surface area is 337 Å². The summed E-state index contributed by atoms with van der Waals surface area (Å²) in [5.41, 5.74) is 3.31. The molecule has 44 heavy (non-hydrogen) atoms. The van der Waals surface area contributed by atoms with Crippen LogP contribution in [0.1, 0.15) is 18.2 Å². The molecular weight excluding hydrogens is 1250 g/mol. The second-order valence-electron chi connectivity index (χ2n) is 11.5. The van der Waals surface area contributed by atoms with E-state index in [-0.39, 0.29) is 10.6 Å². The van der Waals surface area contributed by atoms with Gasteiger partial charge in [-0.2, -0.15) is 0 Å². The number of hydrogen-bond acceptors (Lipinski definition) is 6. The maximum atomic E-state index is 6.09. The van der Waals surface area contributed by atoms with E-state index >= 15 is 0 Å². The van der Waals surface area contributed by atoms with Crippen LogP contribution < -0.4 is 13.3 Å². The standard InChI is InChI=1S/C12H17Cl2N3OSi.C7H4Cl2N2.C7H18OSi.I3.I2/c1-19(2,3)7-6-18-8-17-5-4-9-10(17)11(13)16-12(14)15-9;8-6-4-2-1-3-5(4)10-7(9)11-6;1-5-8-6-7-9(2,3)4;1-3-2;1-2/h4-5H,6-8H2,1-3H3;1,3H,2H2;5-7H2,1-4H3;;/q;;;-1;. The predicted octanol–water partition coefficient (Wildman–Crippen LogP) is 9.31. The molecule has 0 aromatic carbocycles. The summed E-state index contributed by atoms with van der Waals surface area (Å²) >= 11 is 32.8. The summed E-state index contributed by atoms with van der Waals surface area (Å²) in [5, 5.41) is 1.19. The first-order valence-electron chi connectivity index (χ1n) is 13.3. The molecule has 3 heterocycles. The van der Waals surface area contributed by atoms with E-state index in [9.17, 15) is 0 Å². The van der Waals surface area contributed by atoms with E-state index in [0.717, 1.165) is 54.6 Å². The van der Waals surface area contributed by atoms with Crippen LogP contribution in [0.5, 0.6) is 0 Å². The molecule has 18 heteroatoms. The molecule has 0 saturated heterocycles. The Morgan fingerprint density at radius 1 is 0.841 bits per heavy atom. The average Bonchev–Trinajstić information content (AvgIpc) is 3.55. The van der Waals surface area contributed by atoms with Crippen LogP contribution in [0.2, 0.25) is 72.2 Å². The van der Waals surface area contributed by atoms with E-state index in [1.165, 1.54) is 6.04 Å². The van der Waals surface area contributed by atoms with Crippen molar-refractivity contribution < 1.29 is 22.7 Å². The van der Waals surface area contributed by atoms with Crippen molar-refractivity contribution in [2.75, 3.05) is 19.8 Å². The summed E-state index contributed by atoms with van der Waals surface area (Å²) in [7, 11) is -1.87. The van der Waals surface area contributed by atoms with Crippen molar-refractivity contribution in [3.05, 3.63) is 50.5 Å². The van der Waals surface area contributed by atoms with Gasteiger partial charge in [-0.05, 0) is 60.8 Å². The summed E-state index contributed by atoms with van der Waals surface area (Å²) in [6.45, 7) is 19.2. The van der Waals surface area contributed by atoms with Crippen LogP contribution in [0.4, 0.5) is 0 Å². The zero-order valence-electron chi connectivity index (χ0n) is 25.7. The number of aromatic nitrogens is 5.